The number of fused-ring (bicyclic) bond motifs is 1. The summed E-state index contributed by atoms with van der Waals surface area (Å²) in [7, 11) is 0. The van der Waals surface area contributed by atoms with Crippen molar-refractivity contribution < 1.29 is 13.2 Å². The Labute approximate surface area is 131 Å². The van der Waals surface area contributed by atoms with Crippen LogP contribution in [0.5, 0.6) is 0 Å². The second-order valence-electron chi connectivity index (χ2n) is 4.88. The third-order valence-electron chi connectivity index (χ3n) is 3.32. The van der Waals surface area contributed by atoms with Crippen molar-refractivity contribution in [1.29, 1.82) is 0 Å². The first kappa shape index (κ1) is 15.4. The van der Waals surface area contributed by atoms with E-state index in [2.05, 4.69) is 9.97 Å². The summed E-state index contributed by atoms with van der Waals surface area (Å²) in [5.41, 5.74) is -0.228. The fraction of sp³-hybridized carbons (Fsp3) is 0.417. The fourth-order valence-electron chi connectivity index (χ4n) is 2.33. The average Bonchev–Trinajstić information content (AvgIpc) is 2.83. The molecule has 0 saturated carbocycles. The molecule has 1 N–H and O–H groups in total. The lowest BCUT2D eigenvalue weighted by Gasteiger charge is -2.27. The third-order valence-corrected chi connectivity index (χ3v) is 4.42. The van der Waals surface area contributed by atoms with Crippen LogP contribution in [0.4, 0.5) is 13.2 Å². The lowest BCUT2D eigenvalue weighted by molar-refractivity contribution is -0.145. The number of thiazole rings is 1. The number of halogens is 4. The Hall–Kier alpha value is -1.45. The van der Waals surface area contributed by atoms with Crippen molar-refractivity contribution in [2.45, 2.75) is 25.7 Å². The molecule has 22 heavy (non-hydrogen) atoms. The minimum atomic E-state index is -4.65. The maximum atomic E-state index is 12.6. The van der Waals surface area contributed by atoms with E-state index < -0.39 is 17.6 Å². The molecule has 10 heteroatoms. The van der Waals surface area contributed by atoms with Gasteiger partial charge in [0.1, 0.15) is 0 Å². The average molecular weight is 351 g/mol. The van der Waals surface area contributed by atoms with Gasteiger partial charge >= 0.3 is 6.18 Å². The van der Waals surface area contributed by atoms with Gasteiger partial charge in [-0.1, -0.05) is 11.6 Å². The van der Waals surface area contributed by atoms with Crippen LogP contribution in [0.25, 0.3) is 0 Å². The molecule has 3 rings (SSSR count). The molecular formula is C12H10ClF3N4OS. The van der Waals surface area contributed by atoms with Crippen LogP contribution in [0.15, 0.2) is 11.0 Å². The van der Waals surface area contributed by atoms with Crippen molar-refractivity contribution in [2.75, 3.05) is 6.54 Å². The number of H-pyrrole nitrogens is 1. The molecule has 2 aromatic heterocycles. The van der Waals surface area contributed by atoms with Crippen LogP contribution in [-0.2, 0) is 25.7 Å². The number of hydrogen-bond donors (Lipinski definition) is 1. The summed E-state index contributed by atoms with van der Waals surface area (Å²) in [6.07, 6.45) is -2.70. The second kappa shape index (κ2) is 5.64. The summed E-state index contributed by atoms with van der Waals surface area (Å²) < 4.78 is 38.4. The first-order valence-electron chi connectivity index (χ1n) is 6.35. The summed E-state index contributed by atoms with van der Waals surface area (Å²) in [5, 5.41) is 0. The van der Waals surface area contributed by atoms with Gasteiger partial charge in [0, 0.05) is 37.1 Å². The minimum absolute atomic E-state index is 0.217. The number of aromatic nitrogens is 3. The Morgan fingerprint density at radius 3 is 2.86 bits per heavy atom. The highest BCUT2D eigenvalue weighted by atomic mass is 35.5. The van der Waals surface area contributed by atoms with E-state index in [1.54, 1.807) is 6.20 Å². The highest BCUT2D eigenvalue weighted by Gasteiger charge is 2.35. The maximum absolute atomic E-state index is 12.6. The first-order chi connectivity index (χ1) is 10.3. The maximum Gasteiger partial charge on any atom is 0.449 e. The van der Waals surface area contributed by atoms with Crippen LogP contribution in [0, 0.1) is 0 Å². The molecule has 0 atom stereocenters. The Kier molecular flexibility index (Phi) is 3.96. The molecule has 3 heterocycles. The van der Waals surface area contributed by atoms with Gasteiger partial charge in [-0.25, -0.2) is 9.97 Å². The zero-order valence-electron chi connectivity index (χ0n) is 11.1. The van der Waals surface area contributed by atoms with Crippen LogP contribution < -0.4 is 5.56 Å². The number of aromatic amines is 1. The van der Waals surface area contributed by atoms with E-state index in [4.69, 9.17) is 11.6 Å². The molecule has 0 spiro atoms. The Bertz CT molecular complexity index is 758. The molecule has 0 amide bonds. The third kappa shape index (κ3) is 3.16. The number of nitrogens with one attached hydrogen (secondary N) is 1. The lowest BCUT2D eigenvalue weighted by atomic mass is 10.1. The van der Waals surface area contributed by atoms with Crippen LogP contribution in [-0.4, -0.2) is 26.4 Å². The molecule has 1 aliphatic rings. The molecule has 118 valence electrons. The zero-order valence-corrected chi connectivity index (χ0v) is 12.6. The smallest absolute Gasteiger partial charge is 0.303 e. The molecule has 0 aliphatic carbocycles. The molecule has 0 fully saturated rings. The van der Waals surface area contributed by atoms with E-state index in [1.165, 1.54) is 11.3 Å². The fourth-order valence-corrected chi connectivity index (χ4v) is 3.35. The van der Waals surface area contributed by atoms with E-state index >= 15 is 0 Å². The standard InChI is InChI=1S/C12H10ClF3N4OS/c13-11-17-3-6(22-11)4-20-2-1-8-7(5-20)9(21)19-10(18-8)12(14,15)16/h3H,1-2,4-5H2,(H,18,19,21). The van der Waals surface area contributed by atoms with Crippen molar-refractivity contribution in [3.8, 4) is 0 Å². The van der Waals surface area contributed by atoms with Gasteiger partial charge in [0.2, 0.25) is 5.82 Å². The van der Waals surface area contributed by atoms with Crippen LogP contribution >= 0.6 is 22.9 Å². The van der Waals surface area contributed by atoms with Crippen molar-refractivity contribution >= 4 is 22.9 Å². The first-order valence-corrected chi connectivity index (χ1v) is 7.54. The van der Waals surface area contributed by atoms with Crippen molar-refractivity contribution in [3.63, 3.8) is 0 Å². The van der Waals surface area contributed by atoms with Gasteiger partial charge in [-0.15, -0.1) is 11.3 Å². The molecule has 0 radical (unpaired) electrons. The highest BCUT2D eigenvalue weighted by Crippen LogP contribution is 2.27. The summed E-state index contributed by atoms with van der Waals surface area (Å²) >= 11 is 7.10. The van der Waals surface area contributed by atoms with Gasteiger partial charge in [0.05, 0.1) is 11.3 Å². The van der Waals surface area contributed by atoms with Crippen molar-refractivity contribution in [1.82, 2.24) is 19.9 Å². The lowest BCUT2D eigenvalue weighted by Crippen LogP contribution is -2.36. The highest BCUT2D eigenvalue weighted by molar-refractivity contribution is 7.15. The van der Waals surface area contributed by atoms with E-state index in [0.717, 1.165) is 4.88 Å². The monoisotopic (exact) mass is 350 g/mol. The van der Waals surface area contributed by atoms with E-state index in [-0.39, 0.29) is 17.8 Å². The van der Waals surface area contributed by atoms with Gasteiger partial charge in [0.15, 0.2) is 4.47 Å². The van der Waals surface area contributed by atoms with Gasteiger partial charge in [0.25, 0.3) is 5.56 Å². The van der Waals surface area contributed by atoms with Crippen LogP contribution in [0.1, 0.15) is 22.0 Å². The Morgan fingerprint density at radius 1 is 1.45 bits per heavy atom. The predicted octanol–water partition coefficient (Wildman–Crippen LogP) is 2.46. The van der Waals surface area contributed by atoms with Crippen molar-refractivity contribution in [3.05, 3.63) is 43.0 Å². The molecule has 2 aromatic rings. The quantitative estimate of drug-likeness (QED) is 0.903. The molecule has 1 aliphatic heterocycles. The van der Waals surface area contributed by atoms with Crippen molar-refractivity contribution in [2.24, 2.45) is 0 Å². The minimum Gasteiger partial charge on any atom is -0.303 e. The van der Waals surface area contributed by atoms with Crippen LogP contribution in [0.3, 0.4) is 0 Å². The van der Waals surface area contributed by atoms with Crippen LogP contribution in [0.2, 0.25) is 4.47 Å². The Balaban J connectivity index is 1.83. The second-order valence-corrected chi connectivity index (χ2v) is 6.58. The largest absolute Gasteiger partial charge is 0.449 e. The summed E-state index contributed by atoms with van der Waals surface area (Å²) in [4.78, 5) is 24.1. The Morgan fingerprint density at radius 2 is 2.23 bits per heavy atom. The normalized spacial score (nSPS) is 15.8. The molecule has 0 aromatic carbocycles. The SMILES string of the molecule is O=c1[nH]c(C(F)(F)F)nc2c1CN(Cc1cnc(Cl)s1)CC2. The number of rotatable bonds is 2. The predicted molar refractivity (Wildman–Crippen MR) is 74.8 cm³/mol. The molecular weight excluding hydrogens is 341 g/mol. The van der Waals surface area contributed by atoms with Gasteiger partial charge in [-0.3, -0.25) is 9.69 Å². The summed E-state index contributed by atoms with van der Waals surface area (Å²) in [6.45, 7) is 1.33. The number of alkyl halides is 3. The number of nitrogens with zero attached hydrogens (tertiary/aromatic N) is 3. The van der Waals surface area contributed by atoms with E-state index in [1.807, 2.05) is 9.88 Å². The molecule has 0 saturated heterocycles. The molecule has 0 unspecified atom stereocenters. The topological polar surface area (TPSA) is 61.9 Å². The van der Waals surface area contributed by atoms with Gasteiger partial charge in [-0.2, -0.15) is 13.2 Å². The number of hydrogen-bond acceptors (Lipinski definition) is 5. The summed E-state index contributed by atoms with van der Waals surface area (Å²) in [6, 6.07) is 0. The van der Waals surface area contributed by atoms with E-state index in [9.17, 15) is 18.0 Å². The zero-order chi connectivity index (χ0) is 15.9. The van der Waals surface area contributed by atoms with Gasteiger partial charge in [-0.05, 0) is 0 Å². The van der Waals surface area contributed by atoms with E-state index in [0.29, 0.717) is 24.0 Å². The van der Waals surface area contributed by atoms with Gasteiger partial charge < -0.3 is 4.98 Å². The summed E-state index contributed by atoms with van der Waals surface area (Å²) in [5.74, 6) is -1.24. The molecule has 0 bridgehead atoms. The molecule has 5 nitrogen and oxygen atoms in total.